The molecule has 0 fully saturated rings. The first-order chi connectivity index (χ1) is 9.11. The van der Waals surface area contributed by atoms with E-state index >= 15 is 0 Å². The average molecular weight is 257 g/mol. The van der Waals surface area contributed by atoms with Crippen LogP contribution in [0.4, 0.5) is 11.5 Å². The standard InChI is InChI=1S/C11H7N5O3/c12-6-8-5-9(16(18)19)7-13-11(8)14-10-3-1-2-4-15(10)17/h1-5,7,17H/b14-10+. The van der Waals surface area contributed by atoms with Gasteiger partial charge in [0.25, 0.3) is 5.69 Å². The summed E-state index contributed by atoms with van der Waals surface area (Å²) in [7, 11) is 0. The molecule has 8 nitrogen and oxygen atoms in total. The quantitative estimate of drug-likeness (QED) is 0.491. The molecule has 0 spiro atoms. The fraction of sp³-hybridized carbons (Fsp3) is 0. The van der Waals surface area contributed by atoms with Gasteiger partial charge in [-0.1, -0.05) is 6.07 Å². The summed E-state index contributed by atoms with van der Waals surface area (Å²) in [5.74, 6) is 0.00194. The highest BCUT2D eigenvalue weighted by molar-refractivity contribution is 5.52. The highest BCUT2D eigenvalue weighted by atomic mass is 16.6. The summed E-state index contributed by atoms with van der Waals surface area (Å²) in [6, 6.07) is 7.60. The highest BCUT2D eigenvalue weighted by Gasteiger charge is 2.11. The molecule has 19 heavy (non-hydrogen) atoms. The molecule has 0 amide bonds. The van der Waals surface area contributed by atoms with Gasteiger partial charge >= 0.3 is 0 Å². The third kappa shape index (κ3) is 2.55. The minimum absolute atomic E-state index is 0.00194. The molecule has 2 aromatic heterocycles. The maximum Gasteiger partial charge on any atom is 0.289 e. The Morgan fingerprint density at radius 3 is 2.95 bits per heavy atom. The van der Waals surface area contributed by atoms with Crippen LogP contribution in [0.5, 0.6) is 0 Å². The van der Waals surface area contributed by atoms with Gasteiger partial charge < -0.3 is 5.21 Å². The van der Waals surface area contributed by atoms with E-state index in [2.05, 4.69) is 9.98 Å². The molecule has 0 aliphatic heterocycles. The number of hydrogen-bond acceptors (Lipinski definition) is 6. The van der Waals surface area contributed by atoms with E-state index in [1.54, 1.807) is 18.2 Å². The van der Waals surface area contributed by atoms with E-state index in [0.717, 1.165) is 17.0 Å². The van der Waals surface area contributed by atoms with Crippen LogP contribution in [0.25, 0.3) is 0 Å². The third-order valence-electron chi connectivity index (χ3n) is 2.22. The molecule has 0 bridgehead atoms. The molecule has 0 aliphatic carbocycles. The lowest BCUT2D eigenvalue weighted by Crippen LogP contribution is -2.16. The molecule has 2 heterocycles. The predicted molar refractivity (Wildman–Crippen MR) is 62.4 cm³/mol. The Bertz CT molecular complexity index is 744. The summed E-state index contributed by atoms with van der Waals surface area (Å²) < 4.78 is 0.754. The van der Waals surface area contributed by atoms with Crippen LogP contribution in [-0.2, 0) is 0 Å². The van der Waals surface area contributed by atoms with Crippen LogP contribution in [0.1, 0.15) is 5.56 Å². The van der Waals surface area contributed by atoms with Crippen molar-refractivity contribution in [3.05, 3.63) is 57.8 Å². The van der Waals surface area contributed by atoms with Crippen LogP contribution in [-0.4, -0.2) is 19.8 Å². The monoisotopic (exact) mass is 257 g/mol. The van der Waals surface area contributed by atoms with Crippen molar-refractivity contribution in [2.75, 3.05) is 0 Å². The van der Waals surface area contributed by atoms with Gasteiger partial charge in [-0.3, -0.25) is 10.1 Å². The summed E-state index contributed by atoms with van der Waals surface area (Å²) in [6.07, 6.45) is 2.36. The molecule has 0 aliphatic rings. The van der Waals surface area contributed by atoms with E-state index in [1.807, 2.05) is 0 Å². The zero-order valence-corrected chi connectivity index (χ0v) is 9.46. The molecular formula is C11H7N5O3. The number of nitro groups is 1. The summed E-state index contributed by atoms with van der Waals surface area (Å²) in [5, 5.41) is 29.0. The van der Waals surface area contributed by atoms with Gasteiger partial charge in [0.05, 0.1) is 4.92 Å². The topological polar surface area (TPSA) is 117 Å². The number of nitriles is 1. The number of nitrogens with zero attached hydrogens (tertiary/aromatic N) is 5. The van der Waals surface area contributed by atoms with Crippen LogP contribution >= 0.6 is 0 Å². The minimum atomic E-state index is -0.646. The Balaban J connectivity index is 2.59. The van der Waals surface area contributed by atoms with E-state index < -0.39 is 4.92 Å². The molecule has 0 unspecified atom stereocenters. The molecule has 2 aromatic rings. The maximum absolute atomic E-state index is 10.6. The number of hydrogen-bond donors (Lipinski definition) is 1. The average Bonchev–Trinajstić information content (AvgIpc) is 2.41. The fourth-order valence-corrected chi connectivity index (χ4v) is 1.34. The highest BCUT2D eigenvalue weighted by Crippen LogP contribution is 2.19. The van der Waals surface area contributed by atoms with Crippen LogP contribution in [0.3, 0.4) is 0 Å². The Morgan fingerprint density at radius 2 is 2.32 bits per heavy atom. The molecule has 0 aromatic carbocycles. The van der Waals surface area contributed by atoms with Gasteiger partial charge in [0.15, 0.2) is 11.3 Å². The van der Waals surface area contributed by atoms with Crippen molar-refractivity contribution >= 4 is 11.5 Å². The zero-order valence-electron chi connectivity index (χ0n) is 9.46. The van der Waals surface area contributed by atoms with Crippen molar-refractivity contribution in [3.63, 3.8) is 0 Å². The Morgan fingerprint density at radius 1 is 1.53 bits per heavy atom. The van der Waals surface area contributed by atoms with Gasteiger partial charge in [-0.25, -0.2) is 9.98 Å². The zero-order chi connectivity index (χ0) is 13.8. The van der Waals surface area contributed by atoms with Crippen LogP contribution in [0.15, 0.2) is 41.7 Å². The van der Waals surface area contributed by atoms with Gasteiger partial charge in [0.2, 0.25) is 0 Å². The lowest BCUT2D eigenvalue weighted by molar-refractivity contribution is -0.385. The molecule has 94 valence electrons. The van der Waals surface area contributed by atoms with Gasteiger partial charge in [0.1, 0.15) is 17.8 Å². The second-order valence-corrected chi connectivity index (χ2v) is 3.45. The Hall–Kier alpha value is -3.21. The molecule has 2 rings (SSSR count). The maximum atomic E-state index is 10.6. The predicted octanol–water partition coefficient (Wildman–Crippen LogP) is 1.13. The van der Waals surface area contributed by atoms with Gasteiger partial charge in [-0.2, -0.15) is 9.99 Å². The first kappa shape index (κ1) is 12.3. The van der Waals surface area contributed by atoms with Crippen molar-refractivity contribution in [1.82, 2.24) is 9.71 Å². The molecule has 8 heteroatoms. The molecule has 0 saturated carbocycles. The van der Waals surface area contributed by atoms with Crippen molar-refractivity contribution < 1.29 is 10.1 Å². The smallest absolute Gasteiger partial charge is 0.289 e. The Kier molecular flexibility index (Phi) is 3.20. The molecule has 0 saturated heterocycles. The molecular weight excluding hydrogens is 250 g/mol. The lowest BCUT2D eigenvalue weighted by Gasteiger charge is -1.99. The van der Waals surface area contributed by atoms with Gasteiger partial charge in [0, 0.05) is 12.3 Å². The lowest BCUT2D eigenvalue weighted by atomic mass is 10.2. The number of rotatable bonds is 2. The van der Waals surface area contributed by atoms with Crippen molar-refractivity contribution in [3.8, 4) is 6.07 Å². The van der Waals surface area contributed by atoms with E-state index in [1.165, 1.54) is 12.3 Å². The number of aromatic nitrogens is 2. The second kappa shape index (κ2) is 4.97. The summed E-state index contributed by atoms with van der Waals surface area (Å²) in [5.41, 5.74) is -0.182. The fourth-order valence-electron chi connectivity index (χ4n) is 1.34. The first-order valence-electron chi connectivity index (χ1n) is 5.08. The second-order valence-electron chi connectivity index (χ2n) is 3.45. The molecule has 0 radical (unpaired) electrons. The largest absolute Gasteiger partial charge is 0.427 e. The van der Waals surface area contributed by atoms with Gasteiger partial charge in [-0.05, 0) is 12.1 Å². The van der Waals surface area contributed by atoms with Crippen molar-refractivity contribution in [2.45, 2.75) is 0 Å². The third-order valence-corrected chi connectivity index (χ3v) is 2.22. The van der Waals surface area contributed by atoms with Crippen molar-refractivity contribution in [1.29, 1.82) is 5.26 Å². The SMILES string of the molecule is N#Cc1cc([N+](=O)[O-])cnc1/N=c1\ccccn1O. The summed E-state index contributed by atoms with van der Waals surface area (Å²) in [6.45, 7) is 0. The molecule has 0 atom stereocenters. The summed E-state index contributed by atoms with van der Waals surface area (Å²) in [4.78, 5) is 17.6. The minimum Gasteiger partial charge on any atom is -0.427 e. The Labute approximate surface area is 106 Å². The van der Waals surface area contributed by atoms with Crippen LogP contribution in [0.2, 0.25) is 0 Å². The van der Waals surface area contributed by atoms with E-state index in [0.29, 0.717) is 0 Å². The van der Waals surface area contributed by atoms with Crippen molar-refractivity contribution in [2.24, 2.45) is 4.99 Å². The first-order valence-corrected chi connectivity index (χ1v) is 5.08. The van der Waals surface area contributed by atoms with Gasteiger partial charge in [-0.15, -0.1) is 0 Å². The summed E-state index contributed by atoms with van der Waals surface area (Å²) >= 11 is 0. The van der Waals surface area contributed by atoms with E-state index in [9.17, 15) is 15.3 Å². The molecule has 1 N–H and O–H groups in total. The normalized spacial score (nSPS) is 11.0. The van der Waals surface area contributed by atoms with Crippen LogP contribution < -0.4 is 5.49 Å². The van der Waals surface area contributed by atoms with E-state index in [4.69, 9.17) is 5.26 Å². The number of pyridine rings is 2. The van der Waals surface area contributed by atoms with E-state index in [-0.39, 0.29) is 22.6 Å². The van der Waals surface area contributed by atoms with Crippen LogP contribution in [0, 0.1) is 21.4 Å².